The molecule has 0 aliphatic carbocycles. The zero-order chi connectivity index (χ0) is 20.2. The van der Waals surface area contributed by atoms with Crippen LogP contribution in [0.2, 0.25) is 0 Å². The van der Waals surface area contributed by atoms with Crippen molar-refractivity contribution in [3.05, 3.63) is 78.4 Å². The van der Waals surface area contributed by atoms with Gasteiger partial charge in [0.25, 0.3) is 0 Å². The van der Waals surface area contributed by atoms with Crippen molar-refractivity contribution in [3.63, 3.8) is 0 Å². The van der Waals surface area contributed by atoms with E-state index in [-0.39, 0.29) is 18.2 Å². The fourth-order valence-corrected chi connectivity index (χ4v) is 3.96. The Balaban J connectivity index is 1.39. The van der Waals surface area contributed by atoms with E-state index in [0.717, 1.165) is 32.0 Å². The molecule has 0 saturated carbocycles. The smallest absolute Gasteiger partial charge is 0.228 e. The van der Waals surface area contributed by atoms with Crippen LogP contribution in [0.3, 0.4) is 0 Å². The molecule has 3 aromatic carbocycles. The van der Waals surface area contributed by atoms with Crippen molar-refractivity contribution in [3.8, 4) is 10.6 Å². The molecule has 4 aromatic rings. The van der Waals surface area contributed by atoms with Gasteiger partial charge in [0.2, 0.25) is 11.8 Å². The standard InChI is InChI=1S/C23H19N3O2S/c1-15(27)24-18-10-6-16(7-11-18)14-22(28)25-19-12-8-17(9-13-19)23-26-20-4-2-3-5-21(20)29-23/h2-13H,14H2,1H3,(H,24,27)(H,25,28). The summed E-state index contributed by atoms with van der Waals surface area (Å²) >= 11 is 1.65. The van der Waals surface area contributed by atoms with Gasteiger partial charge in [0, 0.05) is 23.9 Å². The molecule has 0 aliphatic heterocycles. The largest absolute Gasteiger partial charge is 0.326 e. The average molecular weight is 401 g/mol. The van der Waals surface area contributed by atoms with Gasteiger partial charge >= 0.3 is 0 Å². The van der Waals surface area contributed by atoms with Crippen LogP contribution in [-0.2, 0) is 16.0 Å². The van der Waals surface area contributed by atoms with E-state index in [2.05, 4.69) is 21.7 Å². The highest BCUT2D eigenvalue weighted by Crippen LogP contribution is 2.30. The number of thiazole rings is 1. The van der Waals surface area contributed by atoms with Crippen LogP contribution in [0, 0.1) is 0 Å². The summed E-state index contributed by atoms with van der Waals surface area (Å²) in [5.41, 5.74) is 4.36. The molecular formula is C23H19N3O2S. The molecule has 0 aliphatic rings. The summed E-state index contributed by atoms with van der Waals surface area (Å²) in [6, 6.07) is 23.0. The van der Waals surface area contributed by atoms with Gasteiger partial charge in [-0.05, 0) is 54.1 Å². The van der Waals surface area contributed by atoms with Crippen molar-refractivity contribution in [1.29, 1.82) is 0 Å². The maximum Gasteiger partial charge on any atom is 0.228 e. The molecule has 0 atom stereocenters. The Morgan fingerprint density at radius 1 is 0.862 bits per heavy atom. The third kappa shape index (κ3) is 4.67. The van der Waals surface area contributed by atoms with E-state index in [1.165, 1.54) is 6.92 Å². The van der Waals surface area contributed by atoms with E-state index in [1.54, 1.807) is 23.5 Å². The second kappa shape index (κ2) is 8.24. The van der Waals surface area contributed by atoms with Crippen molar-refractivity contribution in [2.24, 2.45) is 0 Å². The predicted molar refractivity (Wildman–Crippen MR) is 118 cm³/mol. The van der Waals surface area contributed by atoms with Gasteiger partial charge in [-0.15, -0.1) is 11.3 Å². The van der Waals surface area contributed by atoms with Crippen LogP contribution in [0.1, 0.15) is 12.5 Å². The van der Waals surface area contributed by atoms with Crippen LogP contribution >= 0.6 is 11.3 Å². The number of para-hydroxylation sites is 1. The molecule has 1 heterocycles. The van der Waals surface area contributed by atoms with E-state index < -0.39 is 0 Å². The molecule has 2 amide bonds. The molecule has 144 valence electrons. The highest BCUT2D eigenvalue weighted by atomic mass is 32.1. The number of hydrogen-bond donors (Lipinski definition) is 2. The Hall–Kier alpha value is -3.51. The average Bonchev–Trinajstić information content (AvgIpc) is 3.14. The first-order chi connectivity index (χ1) is 14.1. The topological polar surface area (TPSA) is 71.1 Å². The SMILES string of the molecule is CC(=O)Nc1ccc(CC(=O)Nc2ccc(-c3nc4ccccc4s3)cc2)cc1. The van der Waals surface area contributed by atoms with Gasteiger partial charge < -0.3 is 10.6 Å². The normalized spacial score (nSPS) is 10.7. The first-order valence-electron chi connectivity index (χ1n) is 9.19. The minimum absolute atomic E-state index is 0.0926. The summed E-state index contributed by atoms with van der Waals surface area (Å²) in [5, 5.41) is 6.59. The van der Waals surface area contributed by atoms with E-state index in [1.807, 2.05) is 54.6 Å². The number of nitrogens with one attached hydrogen (secondary N) is 2. The number of nitrogens with zero attached hydrogens (tertiary/aromatic N) is 1. The molecule has 0 bridgehead atoms. The van der Waals surface area contributed by atoms with Crippen LogP contribution < -0.4 is 10.6 Å². The molecule has 2 N–H and O–H groups in total. The summed E-state index contributed by atoms with van der Waals surface area (Å²) in [4.78, 5) is 28.0. The molecule has 4 rings (SSSR count). The highest BCUT2D eigenvalue weighted by Gasteiger charge is 2.08. The minimum atomic E-state index is -0.121. The van der Waals surface area contributed by atoms with Crippen LogP contribution in [0.4, 0.5) is 11.4 Å². The number of hydrogen-bond acceptors (Lipinski definition) is 4. The molecule has 0 radical (unpaired) electrons. The first kappa shape index (κ1) is 18.8. The van der Waals surface area contributed by atoms with Crippen molar-refractivity contribution in [1.82, 2.24) is 4.98 Å². The quantitative estimate of drug-likeness (QED) is 0.489. The minimum Gasteiger partial charge on any atom is -0.326 e. The summed E-state index contributed by atoms with van der Waals surface area (Å²) in [5.74, 6) is -0.213. The number of carbonyl (C=O) groups excluding carboxylic acids is 2. The Morgan fingerprint density at radius 2 is 1.52 bits per heavy atom. The van der Waals surface area contributed by atoms with Crippen LogP contribution in [0.5, 0.6) is 0 Å². The Morgan fingerprint density at radius 3 is 2.21 bits per heavy atom. The summed E-state index contributed by atoms with van der Waals surface area (Å²) in [7, 11) is 0. The molecule has 6 heteroatoms. The van der Waals surface area contributed by atoms with E-state index >= 15 is 0 Å². The molecule has 5 nitrogen and oxygen atoms in total. The number of fused-ring (bicyclic) bond motifs is 1. The second-order valence-corrected chi connectivity index (χ2v) is 7.70. The van der Waals surface area contributed by atoms with Crippen molar-refractivity contribution in [2.45, 2.75) is 13.3 Å². The summed E-state index contributed by atoms with van der Waals surface area (Å²) < 4.78 is 1.16. The zero-order valence-electron chi connectivity index (χ0n) is 15.8. The maximum atomic E-state index is 12.3. The Kier molecular flexibility index (Phi) is 5.35. The van der Waals surface area contributed by atoms with Crippen LogP contribution in [0.15, 0.2) is 72.8 Å². The van der Waals surface area contributed by atoms with Crippen molar-refractivity contribution in [2.75, 3.05) is 10.6 Å². The van der Waals surface area contributed by atoms with Gasteiger partial charge in [0.1, 0.15) is 5.01 Å². The highest BCUT2D eigenvalue weighted by molar-refractivity contribution is 7.21. The molecule has 0 fully saturated rings. The first-order valence-corrected chi connectivity index (χ1v) is 10.0. The van der Waals surface area contributed by atoms with E-state index in [0.29, 0.717) is 5.69 Å². The summed E-state index contributed by atoms with van der Waals surface area (Å²) in [6.45, 7) is 1.46. The lowest BCUT2D eigenvalue weighted by Gasteiger charge is -2.07. The van der Waals surface area contributed by atoms with Crippen molar-refractivity contribution < 1.29 is 9.59 Å². The van der Waals surface area contributed by atoms with E-state index in [4.69, 9.17) is 0 Å². The van der Waals surface area contributed by atoms with Gasteiger partial charge in [-0.25, -0.2) is 4.98 Å². The molecular weight excluding hydrogens is 382 g/mol. The van der Waals surface area contributed by atoms with Crippen molar-refractivity contribution >= 4 is 44.7 Å². The fourth-order valence-electron chi connectivity index (χ4n) is 2.99. The Labute approximate surface area is 172 Å². The lowest BCUT2D eigenvalue weighted by molar-refractivity contribution is -0.116. The van der Waals surface area contributed by atoms with Gasteiger partial charge in [-0.1, -0.05) is 24.3 Å². The second-order valence-electron chi connectivity index (χ2n) is 6.67. The Bertz CT molecular complexity index is 1130. The molecule has 0 saturated heterocycles. The number of aromatic nitrogens is 1. The van der Waals surface area contributed by atoms with E-state index in [9.17, 15) is 9.59 Å². The predicted octanol–water partition coefficient (Wildman–Crippen LogP) is 5.10. The molecule has 29 heavy (non-hydrogen) atoms. The zero-order valence-corrected chi connectivity index (χ0v) is 16.6. The van der Waals surface area contributed by atoms with Gasteiger partial charge in [0.15, 0.2) is 0 Å². The monoisotopic (exact) mass is 401 g/mol. The number of benzene rings is 3. The van der Waals surface area contributed by atoms with Gasteiger partial charge in [-0.2, -0.15) is 0 Å². The lowest BCUT2D eigenvalue weighted by atomic mass is 10.1. The fraction of sp³-hybridized carbons (Fsp3) is 0.0870. The number of anilines is 2. The molecule has 1 aromatic heterocycles. The third-order valence-corrected chi connectivity index (χ3v) is 5.43. The third-order valence-electron chi connectivity index (χ3n) is 4.35. The lowest BCUT2D eigenvalue weighted by Crippen LogP contribution is -2.14. The number of carbonyl (C=O) groups is 2. The van der Waals surface area contributed by atoms with Crippen LogP contribution in [-0.4, -0.2) is 16.8 Å². The summed E-state index contributed by atoms with van der Waals surface area (Å²) in [6.07, 6.45) is 0.264. The van der Waals surface area contributed by atoms with Crippen LogP contribution in [0.25, 0.3) is 20.8 Å². The molecule has 0 spiro atoms. The number of amides is 2. The van der Waals surface area contributed by atoms with Gasteiger partial charge in [-0.3, -0.25) is 9.59 Å². The molecule has 0 unspecified atom stereocenters. The number of rotatable bonds is 5. The van der Waals surface area contributed by atoms with Gasteiger partial charge in [0.05, 0.1) is 16.6 Å². The maximum absolute atomic E-state index is 12.3.